The molecular weight excluding hydrogens is 354 g/mol. The molecule has 0 saturated carbocycles. The van der Waals surface area contributed by atoms with Crippen LogP contribution in [0.25, 0.3) is 0 Å². The smallest absolute Gasteiger partial charge is 0.338 e. The van der Waals surface area contributed by atoms with Crippen LogP contribution in [0.4, 0.5) is 16.2 Å². The van der Waals surface area contributed by atoms with E-state index in [0.29, 0.717) is 17.1 Å². The van der Waals surface area contributed by atoms with Gasteiger partial charge >= 0.3 is 6.03 Å². The Bertz CT molecular complexity index is 938. The molecule has 0 aliphatic rings. The maximum absolute atomic E-state index is 12.0. The van der Waals surface area contributed by atoms with Crippen LogP contribution in [0.1, 0.15) is 17.3 Å². The molecule has 0 unspecified atom stereocenters. The number of anilines is 2. The van der Waals surface area contributed by atoms with Crippen LogP contribution >= 0.6 is 0 Å². The molecule has 0 radical (unpaired) electrons. The molecule has 27 heavy (non-hydrogen) atoms. The summed E-state index contributed by atoms with van der Waals surface area (Å²) in [6.45, 7) is 1.37. The van der Waals surface area contributed by atoms with Gasteiger partial charge in [-0.2, -0.15) is 0 Å². The largest absolute Gasteiger partial charge is 0.494 e. The minimum Gasteiger partial charge on any atom is -0.494 e. The number of benzene rings is 1. The first kappa shape index (κ1) is 19.5. The molecule has 2 rings (SSSR count). The summed E-state index contributed by atoms with van der Waals surface area (Å²) in [7, 11) is 2.92. The molecular formula is C17H19N5O5. The summed E-state index contributed by atoms with van der Waals surface area (Å²) in [4.78, 5) is 46.4. The van der Waals surface area contributed by atoms with Gasteiger partial charge in [-0.05, 0) is 18.2 Å². The lowest BCUT2D eigenvalue weighted by molar-refractivity contribution is -0.114. The van der Waals surface area contributed by atoms with Gasteiger partial charge in [0.15, 0.2) is 0 Å². The van der Waals surface area contributed by atoms with Crippen LogP contribution in [0, 0.1) is 0 Å². The number of urea groups is 1. The van der Waals surface area contributed by atoms with Gasteiger partial charge in [-0.1, -0.05) is 0 Å². The highest BCUT2D eigenvalue weighted by atomic mass is 16.5. The zero-order chi connectivity index (χ0) is 20.0. The van der Waals surface area contributed by atoms with Crippen LogP contribution in [-0.2, 0) is 11.8 Å². The van der Waals surface area contributed by atoms with Crippen molar-refractivity contribution in [2.45, 2.75) is 6.92 Å². The number of carbonyl (C=O) groups excluding carboxylic acids is 3. The Hall–Kier alpha value is -3.82. The predicted molar refractivity (Wildman–Crippen MR) is 98.6 cm³/mol. The van der Waals surface area contributed by atoms with Gasteiger partial charge in [-0.15, -0.1) is 0 Å². The van der Waals surface area contributed by atoms with Crippen molar-refractivity contribution in [2.24, 2.45) is 7.05 Å². The van der Waals surface area contributed by atoms with Crippen molar-refractivity contribution in [3.8, 4) is 5.75 Å². The van der Waals surface area contributed by atoms with E-state index in [1.54, 1.807) is 18.2 Å². The third-order valence-corrected chi connectivity index (χ3v) is 3.41. The molecule has 10 nitrogen and oxygen atoms in total. The Labute approximate surface area is 154 Å². The van der Waals surface area contributed by atoms with Crippen LogP contribution in [-0.4, -0.2) is 29.5 Å². The molecule has 1 aromatic carbocycles. The predicted octanol–water partition coefficient (Wildman–Crippen LogP) is 0.819. The zero-order valence-electron chi connectivity index (χ0n) is 15.0. The van der Waals surface area contributed by atoms with Gasteiger partial charge in [-0.25, -0.2) is 10.2 Å². The lowest BCUT2D eigenvalue weighted by Gasteiger charge is -2.13. The number of hydrogen-bond donors (Lipinski definition) is 4. The van der Waals surface area contributed by atoms with E-state index >= 15 is 0 Å². The van der Waals surface area contributed by atoms with E-state index in [0.717, 1.165) is 0 Å². The fourth-order valence-corrected chi connectivity index (χ4v) is 2.14. The number of pyridine rings is 1. The van der Waals surface area contributed by atoms with Crippen LogP contribution < -0.4 is 31.8 Å². The highest BCUT2D eigenvalue weighted by Gasteiger charge is 2.11. The van der Waals surface area contributed by atoms with Crippen molar-refractivity contribution in [1.82, 2.24) is 15.4 Å². The van der Waals surface area contributed by atoms with E-state index in [4.69, 9.17) is 4.74 Å². The molecule has 0 aliphatic carbocycles. The molecule has 4 N–H and O–H groups in total. The summed E-state index contributed by atoms with van der Waals surface area (Å²) < 4.78 is 6.42. The fourth-order valence-electron chi connectivity index (χ4n) is 2.14. The number of amides is 4. The van der Waals surface area contributed by atoms with Crippen molar-refractivity contribution in [3.05, 3.63) is 52.4 Å². The molecule has 0 bridgehead atoms. The number of carbonyl (C=O) groups is 3. The first-order valence-corrected chi connectivity index (χ1v) is 7.80. The van der Waals surface area contributed by atoms with Gasteiger partial charge < -0.3 is 19.9 Å². The standard InChI is InChI=1S/C17H19N5O5/c1-10(23)18-12-5-6-13(14(8-12)27-3)19-17(26)21-20-16(25)11-4-7-15(24)22(2)9-11/h4-9H,1-3H3,(H,18,23)(H,20,25)(H2,19,21,26). The van der Waals surface area contributed by atoms with E-state index in [1.807, 2.05) is 0 Å². The Kier molecular flexibility index (Phi) is 6.15. The zero-order valence-corrected chi connectivity index (χ0v) is 15.0. The monoisotopic (exact) mass is 373 g/mol. The van der Waals surface area contributed by atoms with E-state index in [1.165, 1.54) is 44.0 Å². The highest BCUT2D eigenvalue weighted by molar-refractivity contribution is 5.97. The number of hydrogen-bond acceptors (Lipinski definition) is 5. The van der Waals surface area contributed by atoms with Gasteiger partial charge in [0.25, 0.3) is 5.91 Å². The molecule has 1 heterocycles. The number of aromatic nitrogens is 1. The first-order valence-electron chi connectivity index (χ1n) is 7.80. The van der Waals surface area contributed by atoms with Crippen molar-refractivity contribution in [1.29, 1.82) is 0 Å². The molecule has 0 aliphatic heterocycles. The van der Waals surface area contributed by atoms with E-state index < -0.39 is 11.9 Å². The van der Waals surface area contributed by atoms with Gasteiger partial charge in [0.1, 0.15) is 5.75 Å². The Morgan fingerprint density at radius 3 is 2.41 bits per heavy atom. The third-order valence-electron chi connectivity index (χ3n) is 3.41. The number of hydrazine groups is 1. The van der Waals surface area contributed by atoms with Gasteiger partial charge in [0, 0.05) is 38.0 Å². The number of ether oxygens (including phenoxy) is 1. The van der Waals surface area contributed by atoms with Crippen molar-refractivity contribution in [2.75, 3.05) is 17.7 Å². The average Bonchev–Trinajstić information content (AvgIpc) is 2.62. The first-order chi connectivity index (χ1) is 12.8. The number of methoxy groups -OCH3 is 1. The number of aryl methyl sites for hydroxylation is 1. The molecule has 0 saturated heterocycles. The third kappa shape index (κ3) is 5.33. The second-order valence-electron chi connectivity index (χ2n) is 5.50. The average molecular weight is 373 g/mol. The Morgan fingerprint density at radius 1 is 1.04 bits per heavy atom. The molecule has 4 amide bonds. The SMILES string of the molecule is COc1cc(NC(C)=O)ccc1NC(=O)NNC(=O)c1ccc(=O)n(C)c1. The topological polar surface area (TPSA) is 131 Å². The molecule has 0 fully saturated rings. The van der Waals surface area contributed by atoms with Gasteiger partial charge in [-0.3, -0.25) is 19.8 Å². The number of nitrogens with one attached hydrogen (secondary N) is 4. The van der Waals surface area contributed by atoms with E-state index in [2.05, 4.69) is 21.5 Å². The van der Waals surface area contributed by atoms with Gasteiger partial charge in [0.2, 0.25) is 11.5 Å². The summed E-state index contributed by atoms with van der Waals surface area (Å²) in [6, 6.07) is 6.55. The lowest BCUT2D eigenvalue weighted by Crippen LogP contribution is -2.44. The molecule has 0 spiro atoms. The van der Waals surface area contributed by atoms with Crippen LogP contribution in [0.15, 0.2) is 41.3 Å². The number of nitrogens with zero attached hydrogens (tertiary/aromatic N) is 1. The summed E-state index contributed by atoms with van der Waals surface area (Å²) in [6.07, 6.45) is 1.35. The molecule has 1 aromatic heterocycles. The van der Waals surface area contributed by atoms with Crippen LogP contribution in [0.3, 0.4) is 0 Å². The Balaban J connectivity index is 1.98. The van der Waals surface area contributed by atoms with Crippen molar-refractivity contribution >= 4 is 29.2 Å². The highest BCUT2D eigenvalue weighted by Crippen LogP contribution is 2.27. The second kappa shape index (κ2) is 8.52. The number of rotatable bonds is 4. The minimum absolute atomic E-state index is 0.203. The fraction of sp³-hybridized carbons (Fsp3) is 0.176. The molecule has 142 valence electrons. The molecule has 0 atom stereocenters. The van der Waals surface area contributed by atoms with Crippen molar-refractivity contribution < 1.29 is 19.1 Å². The summed E-state index contributed by atoms with van der Waals surface area (Å²) in [5, 5.41) is 5.11. The quantitative estimate of drug-likeness (QED) is 0.590. The van der Waals surface area contributed by atoms with Crippen LogP contribution in [0.2, 0.25) is 0 Å². The maximum atomic E-state index is 12.0. The lowest BCUT2D eigenvalue weighted by atomic mass is 10.2. The van der Waals surface area contributed by atoms with Gasteiger partial charge in [0.05, 0.1) is 18.4 Å². The van der Waals surface area contributed by atoms with Crippen LogP contribution in [0.5, 0.6) is 5.75 Å². The normalized spacial score (nSPS) is 9.89. The molecule has 10 heteroatoms. The second-order valence-corrected chi connectivity index (χ2v) is 5.50. The summed E-state index contributed by atoms with van der Waals surface area (Å²) in [5.41, 5.74) is 5.21. The minimum atomic E-state index is -0.709. The summed E-state index contributed by atoms with van der Waals surface area (Å²) in [5.74, 6) is -0.508. The maximum Gasteiger partial charge on any atom is 0.338 e. The summed E-state index contributed by atoms with van der Waals surface area (Å²) >= 11 is 0. The molecule has 2 aromatic rings. The van der Waals surface area contributed by atoms with E-state index in [9.17, 15) is 19.2 Å². The van der Waals surface area contributed by atoms with Crippen molar-refractivity contribution in [3.63, 3.8) is 0 Å². The van der Waals surface area contributed by atoms with E-state index in [-0.39, 0.29) is 17.0 Å². The Morgan fingerprint density at radius 2 is 1.78 bits per heavy atom.